The van der Waals surface area contributed by atoms with Gasteiger partial charge in [-0.1, -0.05) is 319 Å². The average molecular weight is 1280 g/mol. The van der Waals surface area contributed by atoms with Crippen molar-refractivity contribution in [1.82, 2.24) is 0 Å². The van der Waals surface area contributed by atoms with E-state index in [4.69, 9.17) is 0 Å². The lowest BCUT2D eigenvalue weighted by Gasteiger charge is -2.49. The van der Waals surface area contributed by atoms with Crippen LogP contribution in [0.25, 0.3) is 33.4 Å². The van der Waals surface area contributed by atoms with Crippen LogP contribution >= 0.6 is 0 Å². The molecule has 0 spiro atoms. The van der Waals surface area contributed by atoms with Crippen LogP contribution in [-0.4, -0.2) is 6.71 Å². The predicted molar refractivity (Wildman–Crippen MR) is 425 cm³/mol. The van der Waals surface area contributed by atoms with Crippen LogP contribution in [0.3, 0.4) is 0 Å². The fourth-order valence-electron chi connectivity index (χ4n) is 15.6. The van der Waals surface area contributed by atoms with E-state index in [0.717, 1.165) is 84.6 Å². The average Bonchev–Trinajstić information content (AvgIpc) is 0.673. The molecule has 0 saturated heterocycles. The fraction of sp³-hybridized carbons (Fsp3) is 0.179. The predicted octanol–water partition coefficient (Wildman–Crippen LogP) is 23.8. The third kappa shape index (κ3) is 11.7. The van der Waals surface area contributed by atoms with Crippen LogP contribution < -0.4 is 31.1 Å². The Bertz CT molecular complexity index is 4840. The van der Waals surface area contributed by atoms with Crippen molar-refractivity contribution < 1.29 is 0 Å². The van der Waals surface area contributed by atoms with Gasteiger partial charge in [0.1, 0.15) is 0 Å². The number of hydrogen-bond acceptors (Lipinski definition) is 3. The highest BCUT2D eigenvalue weighted by molar-refractivity contribution is 6.99. The molecule has 0 aliphatic carbocycles. The van der Waals surface area contributed by atoms with Crippen molar-refractivity contribution in [3.05, 3.63) is 360 Å². The molecule has 0 saturated carbocycles. The van der Waals surface area contributed by atoms with E-state index in [1.54, 1.807) is 0 Å². The maximum absolute atomic E-state index is 2.69. The Labute approximate surface area is 588 Å². The molecule has 0 aromatic heterocycles. The largest absolute Gasteiger partial charge is 0.310 e. The summed E-state index contributed by atoms with van der Waals surface area (Å²) in [5.74, 6) is 0. The zero-order valence-corrected chi connectivity index (χ0v) is 59.4. The number of para-hydroxylation sites is 1. The molecule has 0 atom stereocenters. The molecular weight excluding hydrogens is 1190 g/mol. The van der Waals surface area contributed by atoms with Gasteiger partial charge in [0, 0.05) is 56.6 Å². The topological polar surface area (TPSA) is 9.72 Å². The minimum absolute atomic E-state index is 0.0214. The monoisotopic (exact) mass is 1280 g/mol. The van der Waals surface area contributed by atoms with Gasteiger partial charge in [0.05, 0.1) is 11.1 Å². The lowest BCUT2D eigenvalue weighted by atomic mass is 9.29. The van der Waals surface area contributed by atoms with Crippen LogP contribution in [-0.2, 0) is 27.1 Å². The van der Waals surface area contributed by atoms with Crippen LogP contribution in [0.15, 0.2) is 315 Å². The van der Waals surface area contributed by atoms with Crippen molar-refractivity contribution in [1.29, 1.82) is 0 Å². The first kappa shape index (κ1) is 64.3. The van der Waals surface area contributed by atoms with E-state index in [-0.39, 0.29) is 28.4 Å². The second-order valence-corrected chi connectivity index (χ2v) is 31.4. The summed E-state index contributed by atoms with van der Waals surface area (Å²) in [5, 5.41) is 0. The van der Waals surface area contributed by atoms with Crippen molar-refractivity contribution in [3.63, 3.8) is 0 Å². The lowest BCUT2D eigenvalue weighted by molar-refractivity contribution is 0.590. The maximum Gasteiger partial charge on any atom is 0.247 e. The molecule has 13 aromatic rings. The lowest BCUT2D eigenvalue weighted by Crippen LogP contribution is -2.65. The summed E-state index contributed by atoms with van der Waals surface area (Å²) in [5.41, 5.74) is 29.6. The molecule has 2 aliphatic heterocycles. The summed E-state index contributed by atoms with van der Waals surface area (Å²) in [6.45, 7) is 27.4. The van der Waals surface area contributed by atoms with Crippen molar-refractivity contribution in [2.75, 3.05) is 14.7 Å². The first-order valence-electron chi connectivity index (χ1n) is 35.3. The molecule has 0 bridgehead atoms. The van der Waals surface area contributed by atoms with Crippen molar-refractivity contribution >= 4 is 74.3 Å². The number of nitrogens with zero attached hydrogens (tertiary/aromatic N) is 3. The summed E-state index contributed by atoms with van der Waals surface area (Å²) >= 11 is 0. The van der Waals surface area contributed by atoms with Gasteiger partial charge < -0.3 is 14.7 Å². The van der Waals surface area contributed by atoms with Crippen molar-refractivity contribution in [2.24, 2.45) is 0 Å². The Kier molecular flexibility index (Phi) is 16.2. The number of rotatable bonds is 12. The number of fused-ring (bicyclic) bond motifs is 4. The van der Waals surface area contributed by atoms with Gasteiger partial charge in [0.2, 0.25) is 6.71 Å². The Morgan fingerprint density at radius 1 is 0.273 bits per heavy atom. The van der Waals surface area contributed by atoms with E-state index in [2.05, 4.69) is 413 Å². The molecular formula is C95H88BN3. The highest BCUT2D eigenvalue weighted by Gasteiger charge is 2.52. The first-order chi connectivity index (χ1) is 47.6. The standard InChI is InChI=1S/C95H88BN3/c1-91(2,3)69-41-49-75(50-42-69)97(76-51-43-70(44-52-76)92(4,5)6)79-57-59-85-83(63-79)95(73-35-24-16-25-36-73,74-37-26-17-27-38-74)84-61-68(65-29-18-13-19-30-65)62-88-89(84)96(85)86-60-58-80(98(77-53-45-71(46-54-77)93(7,8)9)78-55-47-72(48-56-78)94(10,11)12)64-87(86)99(88)90-81(66-31-20-14-21-32-66)39-28-40-82(90)67-33-22-15-23-34-67/h13-64H,1-12H3. The second kappa shape index (κ2) is 25.0. The smallest absolute Gasteiger partial charge is 0.247 e. The molecule has 15 rings (SSSR count). The zero-order chi connectivity index (χ0) is 68.6. The fourth-order valence-corrected chi connectivity index (χ4v) is 15.6. The quantitative estimate of drug-likeness (QED) is 0.113. The summed E-state index contributed by atoms with van der Waals surface area (Å²) in [6, 6.07) is 120. The molecule has 2 heterocycles. The summed E-state index contributed by atoms with van der Waals surface area (Å²) in [4.78, 5) is 7.67. The van der Waals surface area contributed by atoms with Gasteiger partial charge >= 0.3 is 0 Å². The van der Waals surface area contributed by atoms with Gasteiger partial charge in [-0.25, -0.2) is 0 Å². The van der Waals surface area contributed by atoms with Gasteiger partial charge in [-0.2, -0.15) is 0 Å². The van der Waals surface area contributed by atoms with Crippen LogP contribution in [0.1, 0.15) is 128 Å². The van der Waals surface area contributed by atoms with Crippen LogP contribution in [0.4, 0.5) is 51.2 Å². The molecule has 13 aromatic carbocycles. The van der Waals surface area contributed by atoms with Gasteiger partial charge in [-0.15, -0.1) is 0 Å². The number of benzene rings is 13. The Morgan fingerprint density at radius 2 is 0.616 bits per heavy atom. The van der Waals surface area contributed by atoms with Gasteiger partial charge in [0.15, 0.2) is 0 Å². The molecule has 2 aliphatic rings. The third-order valence-corrected chi connectivity index (χ3v) is 20.8. The van der Waals surface area contributed by atoms with E-state index < -0.39 is 5.41 Å². The number of anilines is 9. The molecule has 486 valence electrons. The summed E-state index contributed by atoms with van der Waals surface area (Å²) < 4.78 is 0. The van der Waals surface area contributed by atoms with Crippen molar-refractivity contribution in [3.8, 4) is 33.4 Å². The van der Waals surface area contributed by atoms with E-state index in [1.807, 2.05) is 0 Å². The molecule has 0 fully saturated rings. The molecule has 99 heavy (non-hydrogen) atoms. The Balaban J connectivity index is 1.10. The zero-order valence-electron chi connectivity index (χ0n) is 59.4. The highest BCUT2D eigenvalue weighted by atomic mass is 15.2. The summed E-state index contributed by atoms with van der Waals surface area (Å²) in [6.07, 6.45) is 0. The Hall–Kier alpha value is -10.7. The minimum atomic E-state index is -0.864. The van der Waals surface area contributed by atoms with Gasteiger partial charge in [-0.3, -0.25) is 0 Å². The molecule has 0 unspecified atom stereocenters. The molecule has 3 nitrogen and oxygen atoms in total. The van der Waals surface area contributed by atoms with E-state index in [0.29, 0.717) is 0 Å². The van der Waals surface area contributed by atoms with Crippen LogP contribution in [0.5, 0.6) is 0 Å². The second-order valence-electron chi connectivity index (χ2n) is 31.4. The number of hydrogen-bond donors (Lipinski definition) is 0. The molecule has 4 heteroatoms. The van der Waals surface area contributed by atoms with Crippen LogP contribution in [0.2, 0.25) is 0 Å². The SMILES string of the molecule is CC(C)(C)c1ccc(N(c2ccc(C(C)(C)C)cc2)c2ccc3c(c2)N(c2c(-c4ccccc4)cccc2-c2ccccc2)c2cc(-c4ccccc4)cc4c2B3c2ccc(N(c3ccc(C(C)(C)C)cc3)c3ccc(C(C)(C)C)cc3)cc2C4(c2ccccc2)c2ccccc2)cc1. The van der Waals surface area contributed by atoms with Crippen LogP contribution in [0, 0.1) is 0 Å². The molecule has 0 N–H and O–H groups in total. The maximum atomic E-state index is 2.69. The van der Waals surface area contributed by atoms with E-state index in [9.17, 15) is 0 Å². The third-order valence-electron chi connectivity index (χ3n) is 20.8. The van der Waals surface area contributed by atoms with Gasteiger partial charge in [0.25, 0.3) is 0 Å². The summed E-state index contributed by atoms with van der Waals surface area (Å²) in [7, 11) is 0. The molecule has 0 radical (unpaired) electrons. The van der Waals surface area contributed by atoms with E-state index in [1.165, 1.54) is 60.9 Å². The highest BCUT2D eigenvalue weighted by Crippen LogP contribution is 2.55. The first-order valence-corrected chi connectivity index (χ1v) is 35.3. The minimum Gasteiger partial charge on any atom is -0.310 e. The van der Waals surface area contributed by atoms with E-state index >= 15 is 0 Å². The van der Waals surface area contributed by atoms with Crippen molar-refractivity contribution in [2.45, 2.75) is 110 Å². The Morgan fingerprint density at radius 3 is 1.00 bits per heavy atom. The normalized spacial score (nSPS) is 13.3. The van der Waals surface area contributed by atoms with Gasteiger partial charge in [-0.05, 0) is 184 Å². The molecule has 0 amide bonds.